The summed E-state index contributed by atoms with van der Waals surface area (Å²) in [7, 11) is 1.44. The predicted octanol–water partition coefficient (Wildman–Crippen LogP) is 2.31. The molecule has 3 heteroatoms. The highest BCUT2D eigenvalue weighted by atomic mass is 16.5. The zero-order valence-electron chi connectivity index (χ0n) is 10.7. The molecule has 0 aromatic carbocycles. The Labute approximate surface area is 93.8 Å². The van der Waals surface area contributed by atoms with Gasteiger partial charge in [-0.15, -0.1) is 0 Å². The van der Waals surface area contributed by atoms with E-state index in [0.717, 1.165) is 18.9 Å². The Bertz CT molecular complexity index is 178. The Balaban J connectivity index is 3.89. The SMILES string of the molecule is COC(=O)CN(CCCC(C)C)C(C)C. The Morgan fingerprint density at radius 3 is 2.27 bits per heavy atom. The molecule has 0 aromatic heterocycles. The molecular weight excluding hydrogens is 190 g/mol. The molecule has 0 N–H and O–H groups in total. The quantitative estimate of drug-likeness (QED) is 0.610. The molecular formula is C12H25NO2. The number of hydrogen-bond acceptors (Lipinski definition) is 3. The van der Waals surface area contributed by atoms with Gasteiger partial charge in [0, 0.05) is 6.04 Å². The van der Waals surface area contributed by atoms with E-state index in [2.05, 4.69) is 37.3 Å². The maximum Gasteiger partial charge on any atom is 0.319 e. The monoisotopic (exact) mass is 215 g/mol. The maximum atomic E-state index is 11.2. The summed E-state index contributed by atoms with van der Waals surface area (Å²) in [5.74, 6) is 0.588. The van der Waals surface area contributed by atoms with Gasteiger partial charge in [-0.1, -0.05) is 13.8 Å². The van der Waals surface area contributed by atoms with Gasteiger partial charge in [0.1, 0.15) is 0 Å². The van der Waals surface area contributed by atoms with Gasteiger partial charge in [-0.25, -0.2) is 0 Å². The molecule has 0 aliphatic heterocycles. The van der Waals surface area contributed by atoms with Crippen LogP contribution in [0.3, 0.4) is 0 Å². The number of methoxy groups -OCH3 is 1. The van der Waals surface area contributed by atoms with Crippen LogP contribution >= 0.6 is 0 Å². The van der Waals surface area contributed by atoms with Crippen molar-refractivity contribution in [1.82, 2.24) is 4.90 Å². The van der Waals surface area contributed by atoms with Crippen LogP contribution in [0, 0.1) is 5.92 Å². The molecule has 0 atom stereocenters. The highest BCUT2D eigenvalue weighted by Crippen LogP contribution is 2.07. The minimum Gasteiger partial charge on any atom is -0.468 e. The third kappa shape index (κ3) is 7.37. The molecule has 0 rings (SSSR count). The van der Waals surface area contributed by atoms with Gasteiger partial charge in [-0.3, -0.25) is 9.69 Å². The van der Waals surface area contributed by atoms with Crippen LogP contribution in [0.4, 0.5) is 0 Å². The lowest BCUT2D eigenvalue weighted by atomic mass is 10.1. The van der Waals surface area contributed by atoms with Crippen LogP contribution in [-0.4, -0.2) is 37.1 Å². The molecule has 0 aromatic rings. The van der Waals surface area contributed by atoms with Gasteiger partial charge < -0.3 is 4.74 Å². The Morgan fingerprint density at radius 2 is 1.87 bits per heavy atom. The molecule has 0 amide bonds. The maximum absolute atomic E-state index is 11.2. The molecule has 3 nitrogen and oxygen atoms in total. The predicted molar refractivity (Wildman–Crippen MR) is 62.8 cm³/mol. The average molecular weight is 215 g/mol. The van der Waals surface area contributed by atoms with E-state index in [9.17, 15) is 4.79 Å². The molecule has 0 aliphatic rings. The first-order valence-electron chi connectivity index (χ1n) is 5.78. The summed E-state index contributed by atoms with van der Waals surface area (Å²) in [6.07, 6.45) is 2.36. The zero-order chi connectivity index (χ0) is 11.8. The third-order valence-electron chi connectivity index (χ3n) is 2.52. The molecule has 0 radical (unpaired) electrons. The van der Waals surface area contributed by atoms with Crippen molar-refractivity contribution in [3.05, 3.63) is 0 Å². The van der Waals surface area contributed by atoms with E-state index in [4.69, 9.17) is 0 Å². The Morgan fingerprint density at radius 1 is 1.27 bits per heavy atom. The second kappa shape index (κ2) is 7.69. The summed E-state index contributed by atoms with van der Waals surface area (Å²) in [6, 6.07) is 0.399. The fraction of sp³-hybridized carbons (Fsp3) is 0.917. The molecule has 0 unspecified atom stereocenters. The van der Waals surface area contributed by atoms with Crippen molar-refractivity contribution in [3.8, 4) is 0 Å². The second-order valence-electron chi connectivity index (χ2n) is 4.68. The summed E-state index contributed by atoms with van der Waals surface area (Å²) in [5.41, 5.74) is 0. The van der Waals surface area contributed by atoms with Gasteiger partial charge in [-0.2, -0.15) is 0 Å². The number of rotatable bonds is 7. The largest absolute Gasteiger partial charge is 0.468 e. The first-order chi connectivity index (χ1) is 6.97. The lowest BCUT2D eigenvalue weighted by Crippen LogP contribution is -2.37. The lowest BCUT2D eigenvalue weighted by Gasteiger charge is -2.25. The van der Waals surface area contributed by atoms with Crippen molar-refractivity contribution >= 4 is 5.97 Å². The fourth-order valence-electron chi connectivity index (χ4n) is 1.45. The minimum absolute atomic E-state index is 0.145. The van der Waals surface area contributed by atoms with E-state index in [1.54, 1.807) is 0 Å². The summed E-state index contributed by atoms with van der Waals surface area (Å²) in [4.78, 5) is 13.3. The van der Waals surface area contributed by atoms with Crippen molar-refractivity contribution in [2.45, 2.75) is 46.6 Å². The molecule has 15 heavy (non-hydrogen) atoms. The van der Waals surface area contributed by atoms with Gasteiger partial charge in [0.15, 0.2) is 0 Å². The van der Waals surface area contributed by atoms with Crippen LogP contribution in [-0.2, 0) is 9.53 Å². The Kier molecular flexibility index (Phi) is 7.39. The first-order valence-corrected chi connectivity index (χ1v) is 5.78. The van der Waals surface area contributed by atoms with Gasteiger partial charge in [0.05, 0.1) is 13.7 Å². The van der Waals surface area contributed by atoms with Crippen molar-refractivity contribution in [2.24, 2.45) is 5.92 Å². The third-order valence-corrected chi connectivity index (χ3v) is 2.52. The lowest BCUT2D eigenvalue weighted by molar-refractivity contribution is -0.142. The molecule has 0 saturated heterocycles. The van der Waals surface area contributed by atoms with E-state index in [0.29, 0.717) is 12.6 Å². The number of esters is 1. The van der Waals surface area contributed by atoms with Crippen molar-refractivity contribution < 1.29 is 9.53 Å². The van der Waals surface area contributed by atoms with Crippen LogP contribution in [0.2, 0.25) is 0 Å². The van der Waals surface area contributed by atoms with Crippen molar-refractivity contribution in [2.75, 3.05) is 20.2 Å². The smallest absolute Gasteiger partial charge is 0.319 e. The highest BCUT2D eigenvalue weighted by molar-refractivity contribution is 5.71. The van der Waals surface area contributed by atoms with E-state index < -0.39 is 0 Å². The van der Waals surface area contributed by atoms with Gasteiger partial charge in [0.25, 0.3) is 0 Å². The van der Waals surface area contributed by atoms with Crippen molar-refractivity contribution in [1.29, 1.82) is 0 Å². The second-order valence-corrected chi connectivity index (χ2v) is 4.68. The molecule has 0 saturated carbocycles. The zero-order valence-corrected chi connectivity index (χ0v) is 10.7. The topological polar surface area (TPSA) is 29.5 Å². The number of nitrogens with zero attached hydrogens (tertiary/aromatic N) is 1. The summed E-state index contributed by atoms with van der Waals surface area (Å²) >= 11 is 0. The number of carbonyl (C=O) groups excluding carboxylic acids is 1. The molecule has 90 valence electrons. The number of carbonyl (C=O) groups is 1. The van der Waals surface area contributed by atoms with E-state index in [1.165, 1.54) is 13.5 Å². The standard InChI is InChI=1S/C12H25NO2/c1-10(2)7-6-8-13(11(3)4)9-12(14)15-5/h10-11H,6-9H2,1-5H3. The molecule has 0 aliphatic carbocycles. The average Bonchev–Trinajstić information content (AvgIpc) is 2.15. The number of hydrogen-bond donors (Lipinski definition) is 0. The van der Waals surface area contributed by atoms with Crippen LogP contribution in [0.25, 0.3) is 0 Å². The minimum atomic E-state index is -0.145. The number of ether oxygens (including phenoxy) is 1. The van der Waals surface area contributed by atoms with Crippen LogP contribution in [0.5, 0.6) is 0 Å². The van der Waals surface area contributed by atoms with Gasteiger partial charge in [0.2, 0.25) is 0 Å². The summed E-state index contributed by atoms with van der Waals surface area (Å²) < 4.78 is 4.68. The van der Waals surface area contributed by atoms with Gasteiger partial charge >= 0.3 is 5.97 Å². The van der Waals surface area contributed by atoms with E-state index in [1.807, 2.05) is 0 Å². The normalized spacial score (nSPS) is 11.5. The van der Waals surface area contributed by atoms with E-state index in [-0.39, 0.29) is 5.97 Å². The molecule has 0 heterocycles. The van der Waals surface area contributed by atoms with Gasteiger partial charge in [-0.05, 0) is 39.2 Å². The van der Waals surface area contributed by atoms with Crippen LogP contribution in [0.15, 0.2) is 0 Å². The summed E-state index contributed by atoms with van der Waals surface area (Å²) in [6.45, 7) is 10.0. The highest BCUT2D eigenvalue weighted by Gasteiger charge is 2.13. The van der Waals surface area contributed by atoms with Crippen molar-refractivity contribution in [3.63, 3.8) is 0 Å². The summed E-state index contributed by atoms with van der Waals surface area (Å²) in [5, 5.41) is 0. The molecule has 0 spiro atoms. The fourth-order valence-corrected chi connectivity index (χ4v) is 1.45. The Hall–Kier alpha value is -0.570. The molecule has 0 fully saturated rings. The van der Waals surface area contributed by atoms with E-state index >= 15 is 0 Å². The first kappa shape index (κ1) is 14.4. The van der Waals surface area contributed by atoms with Crippen LogP contribution < -0.4 is 0 Å². The van der Waals surface area contributed by atoms with Crippen LogP contribution in [0.1, 0.15) is 40.5 Å². The molecule has 0 bridgehead atoms.